The van der Waals surface area contributed by atoms with Gasteiger partial charge in [0.1, 0.15) is 0 Å². The summed E-state index contributed by atoms with van der Waals surface area (Å²) >= 11 is 0. The van der Waals surface area contributed by atoms with Crippen molar-refractivity contribution in [3.63, 3.8) is 0 Å². The average Bonchev–Trinajstić information content (AvgIpc) is 2.84. The van der Waals surface area contributed by atoms with E-state index < -0.39 is 0 Å². The van der Waals surface area contributed by atoms with Gasteiger partial charge in [-0.3, -0.25) is 14.4 Å². The summed E-state index contributed by atoms with van der Waals surface area (Å²) in [6.07, 6.45) is 1.66. The van der Waals surface area contributed by atoms with Gasteiger partial charge in [0.15, 0.2) is 0 Å². The predicted octanol–water partition coefficient (Wildman–Crippen LogP) is 2.70. The number of piperidine rings is 1. The number of benzene rings is 2. The highest BCUT2D eigenvalue weighted by atomic mass is 16.2. The van der Waals surface area contributed by atoms with E-state index >= 15 is 0 Å². The molecule has 0 atom stereocenters. The van der Waals surface area contributed by atoms with E-state index in [1.165, 1.54) is 0 Å². The van der Waals surface area contributed by atoms with Gasteiger partial charge in [-0.1, -0.05) is 29.8 Å². The molecule has 2 aliphatic heterocycles. The molecule has 0 aliphatic carbocycles. The SMILES string of the molecule is CC(=O)N1CCN(C(=O)c2ccccc2N2CCC(NC(=O)c3cccc(C)c3)CC2)CC1. The van der Waals surface area contributed by atoms with Crippen LogP contribution < -0.4 is 10.2 Å². The molecule has 3 amide bonds. The third-order valence-corrected chi connectivity index (χ3v) is 6.60. The molecule has 7 heteroatoms. The first-order chi connectivity index (χ1) is 15.9. The van der Waals surface area contributed by atoms with E-state index in [4.69, 9.17) is 0 Å². The second-order valence-electron chi connectivity index (χ2n) is 8.92. The van der Waals surface area contributed by atoms with E-state index in [9.17, 15) is 14.4 Å². The van der Waals surface area contributed by atoms with Gasteiger partial charge in [-0.2, -0.15) is 0 Å². The molecule has 2 fully saturated rings. The quantitative estimate of drug-likeness (QED) is 0.781. The lowest BCUT2D eigenvalue weighted by Gasteiger charge is -2.37. The van der Waals surface area contributed by atoms with Gasteiger partial charge in [0, 0.05) is 63.5 Å². The van der Waals surface area contributed by atoms with Crippen LogP contribution in [-0.2, 0) is 4.79 Å². The van der Waals surface area contributed by atoms with Crippen LogP contribution in [0.3, 0.4) is 0 Å². The summed E-state index contributed by atoms with van der Waals surface area (Å²) in [6, 6.07) is 15.5. The van der Waals surface area contributed by atoms with Gasteiger partial charge in [-0.25, -0.2) is 0 Å². The predicted molar refractivity (Wildman–Crippen MR) is 128 cm³/mol. The summed E-state index contributed by atoms with van der Waals surface area (Å²) in [5.41, 5.74) is 3.41. The van der Waals surface area contributed by atoms with Gasteiger partial charge in [0.05, 0.1) is 5.56 Å². The topological polar surface area (TPSA) is 73.0 Å². The molecule has 0 unspecified atom stereocenters. The molecule has 2 saturated heterocycles. The lowest BCUT2D eigenvalue weighted by molar-refractivity contribution is -0.130. The molecule has 174 valence electrons. The minimum absolute atomic E-state index is 0.0173. The number of carbonyl (C=O) groups excluding carboxylic acids is 3. The number of nitrogens with zero attached hydrogens (tertiary/aromatic N) is 3. The fourth-order valence-electron chi connectivity index (χ4n) is 4.64. The Hall–Kier alpha value is -3.35. The zero-order valence-corrected chi connectivity index (χ0v) is 19.4. The average molecular weight is 449 g/mol. The molecule has 33 heavy (non-hydrogen) atoms. The van der Waals surface area contributed by atoms with E-state index in [1.54, 1.807) is 11.8 Å². The van der Waals surface area contributed by atoms with Crippen LogP contribution in [-0.4, -0.2) is 72.8 Å². The lowest BCUT2D eigenvalue weighted by atomic mass is 10.0. The first-order valence-electron chi connectivity index (χ1n) is 11.7. The monoisotopic (exact) mass is 448 g/mol. The van der Waals surface area contributed by atoms with Crippen LogP contribution in [0.4, 0.5) is 5.69 Å². The molecule has 2 aliphatic rings. The maximum absolute atomic E-state index is 13.3. The summed E-state index contributed by atoms with van der Waals surface area (Å²) < 4.78 is 0. The zero-order chi connectivity index (χ0) is 23.4. The Morgan fingerprint density at radius 3 is 2.18 bits per heavy atom. The molecular formula is C26H32N4O3. The maximum Gasteiger partial charge on any atom is 0.256 e. The van der Waals surface area contributed by atoms with Crippen molar-refractivity contribution in [1.29, 1.82) is 0 Å². The van der Waals surface area contributed by atoms with E-state index in [-0.39, 0.29) is 23.8 Å². The standard InChI is InChI=1S/C26H32N4O3/c1-19-6-5-7-21(18-19)25(32)27-22-10-12-29(13-11-22)24-9-4-3-8-23(24)26(33)30-16-14-28(15-17-30)20(2)31/h3-9,18,22H,10-17H2,1-2H3,(H,27,32). The highest BCUT2D eigenvalue weighted by Crippen LogP contribution is 2.26. The molecule has 0 saturated carbocycles. The van der Waals surface area contributed by atoms with E-state index in [1.807, 2.05) is 60.4 Å². The number of carbonyl (C=O) groups is 3. The lowest BCUT2D eigenvalue weighted by Crippen LogP contribution is -2.50. The maximum atomic E-state index is 13.3. The molecule has 0 aromatic heterocycles. The number of piperazine rings is 1. The van der Waals surface area contributed by atoms with Crippen molar-refractivity contribution in [1.82, 2.24) is 15.1 Å². The fraction of sp³-hybridized carbons (Fsp3) is 0.423. The van der Waals surface area contributed by atoms with Crippen molar-refractivity contribution in [3.8, 4) is 0 Å². The van der Waals surface area contributed by atoms with Crippen LogP contribution in [0.15, 0.2) is 48.5 Å². The Morgan fingerprint density at radius 2 is 1.52 bits per heavy atom. The molecule has 2 aromatic rings. The smallest absolute Gasteiger partial charge is 0.256 e. The summed E-state index contributed by atoms with van der Waals surface area (Å²) in [5, 5.41) is 3.16. The second kappa shape index (κ2) is 10.1. The Labute approximate surface area is 195 Å². The van der Waals surface area contributed by atoms with E-state index in [2.05, 4.69) is 10.2 Å². The minimum Gasteiger partial charge on any atom is -0.371 e. The number of amides is 3. The van der Waals surface area contributed by atoms with Crippen molar-refractivity contribution in [2.75, 3.05) is 44.2 Å². The molecule has 0 bridgehead atoms. The highest BCUT2D eigenvalue weighted by Gasteiger charge is 2.28. The summed E-state index contributed by atoms with van der Waals surface area (Å²) in [6.45, 7) is 7.38. The largest absolute Gasteiger partial charge is 0.371 e. The summed E-state index contributed by atoms with van der Waals surface area (Å²) in [5.74, 6) is 0.0426. The molecule has 0 radical (unpaired) electrons. The number of hydrogen-bond acceptors (Lipinski definition) is 4. The van der Waals surface area contributed by atoms with E-state index in [0.717, 1.165) is 37.2 Å². The summed E-state index contributed by atoms with van der Waals surface area (Å²) in [7, 11) is 0. The molecule has 1 N–H and O–H groups in total. The van der Waals surface area contributed by atoms with Crippen LogP contribution in [0, 0.1) is 6.92 Å². The first kappa shape index (κ1) is 22.8. The summed E-state index contributed by atoms with van der Waals surface area (Å²) in [4.78, 5) is 43.3. The Morgan fingerprint density at radius 1 is 0.848 bits per heavy atom. The minimum atomic E-state index is -0.0302. The Kier molecular flexibility index (Phi) is 6.96. The number of anilines is 1. The molecular weight excluding hydrogens is 416 g/mol. The van der Waals surface area contributed by atoms with Crippen molar-refractivity contribution >= 4 is 23.4 Å². The third-order valence-electron chi connectivity index (χ3n) is 6.60. The van der Waals surface area contributed by atoms with Gasteiger partial charge < -0.3 is 20.0 Å². The van der Waals surface area contributed by atoms with Crippen molar-refractivity contribution in [2.45, 2.75) is 32.7 Å². The number of nitrogens with one attached hydrogen (secondary N) is 1. The van der Waals surface area contributed by atoms with E-state index in [0.29, 0.717) is 37.3 Å². The zero-order valence-electron chi connectivity index (χ0n) is 19.4. The van der Waals surface area contributed by atoms with Gasteiger partial charge in [-0.05, 0) is 44.0 Å². The molecule has 7 nitrogen and oxygen atoms in total. The fourth-order valence-corrected chi connectivity index (χ4v) is 4.64. The first-order valence-corrected chi connectivity index (χ1v) is 11.7. The van der Waals surface area contributed by atoms with Crippen LogP contribution in [0.25, 0.3) is 0 Å². The van der Waals surface area contributed by atoms with Gasteiger partial charge >= 0.3 is 0 Å². The van der Waals surface area contributed by atoms with Crippen LogP contribution in [0.1, 0.15) is 46.0 Å². The van der Waals surface area contributed by atoms with Crippen LogP contribution in [0.5, 0.6) is 0 Å². The van der Waals surface area contributed by atoms with Crippen molar-refractivity contribution < 1.29 is 14.4 Å². The molecule has 2 heterocycles. The van der Waals surface area contributed by atoms with Gasteiger partial charge in [0.25, 0.3) is 11.8 Å². The Balaban J connectivity index is 1.37. The van der Waals surface area contributed by atoms with Gasteiger partial charge in [0.2, 0.25) is 5.91 Å². The van der Waals surface area contributed by atoms with Gasteiger partial charge in [-0.15, -0.1) is 0 Å². The normalized spacial score (nSPS) is 17.1. The molecule has 0 spiro atoms. The highest BCUT2D eigenvalue weighted by molar-refractivity contribution is 6.00. The number of hydrogen-bond donors (Lipinski definition) is 1. The Bertz CT molecular complexity index is 1020. The second-order valence-corrected chi connectivity index (χ2v) is 8.92. The van der Waals surface area contributed by atoms with Crippen molar-refractivity contribution in [3.05, 3.63) is 65.2 Å². The van der Waals surface area contributed by atoms with Crippen LogP contribution >= 0.6 is 0 Å². The molecule has 2 aromatic carbocycles. The molecule has 4 rings (SSSR count). The van der Waals surface area contributed by atoms with Crippen LogP contribution in [0.2, 0.25) is 0 Å². The third kappa shape index (κ3) is 5.35. The number of rotatable bonds is 4. The number of aryl methyl sites for hydroxylation is 1. The number of para-hydroxylation sites is 1. The van der Waals surface area contributed by atoms with Crippen molar-refractivity contribution in [2.24, 2.45) is 0 Å².